The molecule has 0 spiro atoms. The smallest absolute Gasteiger partial charge is 0.252 e. The van der Waals surface area contributed by atoms with E-state index in [4.69, 9.17) is 5.73 Å². The normalized spacial score (nSPS) is 17.6. The van der Waals surface area contributed by atoms with Crippen molar-refractivity contribution >= 4 is 5.91 Å². The molecule has 0 atom stereocenters. The molecule has 1 aromatic rings. The van der Waals surface area contributed by atoms with Crippen LogP contribution < -0.4 is 11.1 Å². The highest BCUT2D eigenvalue weighted by atomic mass is 16.1. The molecular formula is C14H20N2O. The summed E-state index contributed by atoms with van der Waals surface area (Å²) < 4.78 is 0. The average Bonchev–Trinajstić information content (AvgIpc) is 2.95. The maximum Gasteiger partial charge on any atom is 0.252 e. The molecule has 3 N–H and O–H groups in total. The molecule has 1 amide bonds. The SMILES string of the molecule is CC(C)(C)NC(=O)c1ccccc1C1(N)CC1. The molecule has 92 valence electrons. The van der Waals surface area contributed by atoms with Gasteiger partial charge in [-0.1, -0.05) is 18.2 Å². The lowest BCUT2D eigenvalue weighted by Crippen LogP contribution is -2.41. The van der Waals surface area contributed by atoms with Crippen LogP contribution in [0.4, 0.5) is 0 Å². The Hall–Kier alpha value is -1.35. The summed E-state index contributed by atoms with van der Waals surface area (Å²) in [6.07, 6.45) is 1.93. The van der Waals surface area contributed by atoms with Crippen molar-refractivity contribution in [2.45, 2.75) is 44.7 Å². The third-order valence-electron chi connectivity index (χ3n) is 2.99. The van der Waals surface area contributed by atoms with E-state index in [-0.39, 0.29) is 17.0 Å². The van der Waals surface area contributed by atoms with Crippen LogP contribution in [-0.2, 0) is 5.54 Å². The molecule has 17 heavy (non-hydrogen) atoms. The summed E-state index contributed by atoms with van der Waals surface area (Å²) in [7, 11) is 0. The number of nitrogens with one attached hydrogen (secondary N) is 1. The molecule has 1 aromatic carbocycles. The summed E-state index contributed by atoms with van der Waals surface area (Å²) in [5.74, 6) is -0.0372. The van der Waals surface area contributed by atoms with Crippen molar-refractivity contribution in [1.82, 2.24) is 5.32 Å². The molecule has 2 rings (SSSR count). The molecule has 1 saturated carbocycles. The summed E-state index contributed by atoms with van der Waals surface area (Å²) in [4.78, 5) is 12.2. The van der Waals surface area contributed by atoms with E-state index in [2.05, 4.69) is 5.32 Å². The quantitative estimate of drug-likeness (QED) is 0.821. The number of benzene rings is 1. The minimum absolute atomic E-state index is 0.0372. The fourth-order valence-electron chi connectivity index (χ4n) is 1.93. The second-order valence-electron chi connectivity index (χ2n) is 5.91. The van der Waals surface area contributed by atoms with E-state index in [0.29, 0.717) is 5.56 Å². The first-order valence-electron chi connectivity index (χ1n) is 6.03. The Morgan fingerprint density at radius 1 is 1.29 bits per heavy atom. The van der Waals surface area contributed by atoms with E-state index in [1.54, 1.807) is 0 Å². The molecule has 1 fully saturated rings. The van der Waals surface area contributed by atoms with Gasteiger partial charge in [0.05, 0.1) is 0 Å². The van der Waals surface area contributed by atoms with E-state index in [9.17, 15) is 4.79 Å². The lowest BCUT2D eigenvalue weighted by molar-refractivity contribution is 0.0918. The van der Waals surface area contributed by atoms with Gasteiger partial charge in [-0.05, 0) is 45.2 Å². The van der Waals surface area contributed by atoms with Crippen molar-refractivity contribution in [2.75, 3.05) is 0 Å². The van der Waals surface area contributed by atoms with Crippen LogP contribution in [0.25, 0.3) is 0 Å². The summed E-state index contributed by atoms with van der Waals surface area (Å²) in [6.45, 7) is 5.93. The minimum atomic E-state index is -0.272. The molecule has 0 aliphatic heterocycles. The molecule has 3 nitrogen and oxygen atoms in total. The maximum absolute atomic E-state index is 12.2. The molecule has 1 aliphatic carbocycles. The molecule has 0 radical (unpaired) electrons. The molecule has 1 aliphatic rings. The molecule has 0 unspecified atom stereocenters. The van der Waals surface area contributed by atoms with Gasteiger partial charge >= 0.3 is 0 Å². The van der Waals surface area contributed by atoms with Crippen LogP contribution in [0.15, 0.2) is 24.3 Å². The van der Waals surface area contributed by atoms with Crippen molar-refractivity contribution in [3.8, 4) is 0 Å². The number of hydrogen-bond acceptors (Lipinski definition) is 2. The van der Waals surface area contributed by atoms with Crippen molar-refractivity contribution in [3.05, 3.63) is 35.4 Å². The van der Waals surface area contributed by atoms with E-state index in [0.717, 1.165) is 18.4 Å². The van der Waals surface area contributed by atoms with Crippen LogP contribution in [0, 0.1) is 0 Å². The predicted molar refractivity (Wildman–Crippen MR) is 68.8 cm³/mol. The third-order valence-corrected chi connectivity index (χ3v) is 2.99. The predicted octanol–water partition coefficient (Wildman–Crippen LogP) is 2.16. The second kappa shape index (κ2) is 3.84. The van der Waals surface area contributed by atoms with Crippen molar-refractivity contribution in [3.63, 3.8) is 0 Å². The summed E-state index contributed by atoms with van der Waals surface area (Å²) in [5, 5.41) is 2.98. The van der Waals surface area contributed by atoms with Crippen LogP contribution in [0.1, 0.15) is 49.5 Å². The Labute approximate surface area is 102 Å². The Bertz CT molecular complexity index is 442. The largest absolute Gasteiger partial charge is 0.347 e. The van der Waals surface area contributed by atoms with Crippen molar-refractivity contribution < 1.29 is 4.79 Å². The number of nitrogens with two attached hydrogens (primary N) is 1. The Balaban J connectivity index is 2.29. The van der Waals surface area contributed by atoms with E-state index in [1.165, 1.54) is 0 Å². The van der Waals surface area contributed by atoms with Gasteiger partial charge < -0.3 is 11.1 Å². The lowest BCUT2D eigenvalue weighted by atomic mass is 9.97. The van der Waals surface area contributed by atoms with Crippen LogP contribution in [-0.4, -0.2) is 11.4 Å². The molecule has 3 heteroatoms. The monoisotopic (exact) mass is 232 g/mol. The molecular weight excluding hydrogens is 212 g/mol. The first kappa shape index (κ1) is 12.1. The Kier molecular flexibility index (Phi) is 2.74. The highest BCUT2D eigenvalue weighted by Crippen LogP contribution is 2.43. The summed E-state index contributed by atoms with van der Waals surface area (Å²) in [5.41, 5.74) is 7.38. The van der Waals surface area contributed by atoms with Gasteiger partial charge in [-0.3, -0.25) is 4.79 Å². The van der Waals surface area contributed by atoms with Gasteiger partial charge in [0.15, 0.2) is 0 Å². The standard InChI is InChI=1S/C14H20N2O/c1-13(2,3)16-12(17)10-6-4-5-7-11(10)14(15)8-9-14/h4-7H,8-9,15H2,1-3H3,(H,16,17). The lowest BCUT2D eigenvalue weighted by Gasteiger charge is -2.22. The van der Waals surface area contributed by atoms with Crippen LogP contribution in [0.5, 0.6) is 0 Å². The number of carbonyl (C=O) groups excluding carboxylic acids is 1. The van der Waals surface area contributed by atoms with Gasteiger partial charge in [-0.15, -0.1) is 0 Å². The maximum atomic E-state index is 12.2. The number of rotatable bonds is 2. The molecule has 0 aromatic heterocycles. The summed E-state index contributed by atoms with van der Waals surface area (Å²) in [6, 6.07) is 7.64. The fraction of sp³-hybridized carbons (Fsp3) is 0.500. The van der Waals surface area contributed by atoms with Gasteiger partial charge in [-0.2, -0.15) is 0 Å². The van der Waals surface area contributed by atoms with Crippen LogP contribution in [0.3, 0.4) is 0 Å². The number of amides is 1. The average molecular weight is 232 g/mol. The van der Waals surface area contributed by atoms with Gasteiger partial charge in [0.2, 0.25) is 0 Å². The van der Waals surface area contributed by atoms with Gasteiger partial charge in [0.1, 0.15) is 0 Å². The Morgan fingerprint density at radius 3 is 2.41 bits per heavy atom. The second-order valence-corrected chi connectivity index (χ2v) is 5.91. The highest BCUT2D eigenvalue weighted by molar-refractivity contribution is 5.96. The van der Waals surface area contributed by atoms with Crippen LogP contribution in [0.2, 0.25) is 0 Å². The van der Waals surface area contributed by atoms with Gasteiger partial charge in [0, 0.05) is 16.6 Å². The zero-order valence-corrected chi connectivity index (χ0v) is 10.7. The van der Waals surface area contributed by atoms with E-state index in [1.807, 2.05) is 45.0 Å². The van der Waals surface area contributed by atoms with Crippen molar-refractivity contribution in [2.24, 2.45) is 5.73 Å². The molecule has 0 heterocycles. The van der Waals surface area contributed by atoms with Gasteiger partial charge in [-0.25, -0.2) is 0 Å². The highest BCUT2D eigenvalue weighted by Gasteiger charge is 2.42. The molecule has 0 bridgehead atoms. The summed E-state index contributed by atoms with van der Waals surface area (Å²) >= 11 is 0. The number of hydrogen-bond donors (Lipinski definition) is 2. The van der Waals surface area contributed by atoms with Gasteiger partial charge in [0.25, 0.3) is 5.91 Å². The zero-order chi connectivity index (χ0) is 12.7. The first-order valence-corrected chi connectivity index (χ1v) is 6.03. The fourth-order valence-corrected chi connectivity index (χ4v) is 1.93. The first-order chi connectivity index (χ1) is 7.82. The third kappa shape index (κ3) is 2.67. The Morgan fingerprint density at radius 2 is 1.88 bits per heavy atom. The molecule has 0 saturated heterocycles. The van der Waals surface area contributed by atoms with E-state index >= 15 is 0 Å². The topological polar surface area (TPSA) is 55.1 Å². The number of carbonyl (C=O) groups is 1. The zero-order valence-electron chi connectivity index (χ0n) is 10.7. The van der Waals surface area contributed by atoms with Crippen molar-refractivity contribution in [1.29, 1.82) is 0 Å². The minimum Gasteiger partial charge on any atom is -0.347 e. The van der Waals surface area contributed by atoms with E-state index < -0.39 is 0 Å². The van der Waals surface area contributed by atoms with Crippen LogP contribution >= 0.6 is 0 Å².